The first-order chi connectivity index (χ1) is 13.8. The summed E-state index contributed by atoms with van der Waals surface area (Å²) in [4.78, 5) is 18.3. The van der Waals surface area contributed by atoms with Crippen molar-refractivity contribution in [2.45, 2.75) is 12.5 Å². The minimum Gasteiger partial charge on any atom is -0.393 e. The minimum absolute atomic E-state index is 0.136. The first-order valence-electron chi connectivity index (χ1n) is 8.23. The van der Waals surface area contributed by atoms with Crippen LogP contribution in [-0.2, 0) is 15.9 Å². The fourth-order valence-corrected chi connectivity index (χ4v) is 3.77. The van der Waals surface area contributed by atoms with Crippen molar-refractivity contribution in [2.24, 2.45) is 0 Å². The van der Waals surface area contributed by atoms with Crippen molar-refractivity contribution >= 4 is 45.5 Å². The summed E-state index contributed by atoms with van der Waals surface area (Å²) < 4.78 is 32.5. The van der Waals surface area contributed by atoms with Gasteiger partial charge in [0.1, 0.15) is 5.52 Å². The van der Waals surface area contributed by atoms with Gasteiger partial charge in [-0.3, -0.25) is 9.66 Å². The maximum atomic E-state index is 14.0. The normalized spacial score (nSPS) is 13.4. The minimum atomic E-state index is -4.59. The third-order valence-corrected chi connectivity index (χ3v) is 5.80. The predicted octanol–water partition coefficient (Wildman–Crippen LogP) is 2.21. The Balaban J connectivity index is 1.66. The summed E-state index contributed by atoms with van der Waals surface area (Å²) in [6.07, 6.45) is 0. The van der Waals surface area contributed by atoms with Crippen molar-refractivity contribution < 1.29 is 28.6 Å². The highest BCUT2D eigenvalue weighted by molar-refractivity contribution is 9.10. The van der Waals surface area contributed by atoms with Crippen LogP contribution in [0.4, 0.5) is 4.39 Å². The average molecular weight is 486 g/mol. The third kappa shape index (κ3) is 3.82. The van der Waals surface area contributed by atoms with E-state index in [-0.39, 0.29) is 12.1 Å². The highest BCUT2D eigenvalue weighted by Crippen LogP contribution is 2.41. The highest BCUT2D eigenvalue weighted by Gasteiger charge is 2.29. The second kappa shape index (κ2) is 7.56. The van der Waals surface area contributed by atoms with E-state index >= 15 is 0 Å². The quantitative estimate of drug-likeness (QED) is 0.304. The molecule has 0 amide bonds. The molecule has 4 N–H and O–H groups in total. The smallest absolute Gasteiger partial charge is 0.356 e. The zero-order valence-corrected chi connectivity index (χ0v) is 17.0. The molecule has 4 rings (SSSR count). The van der Waals surface area contributed by atoms with Crippen LogP contribution in [0.15, 0.2) is 34.8 Å². The van der Waals surface area contributed by atoms with Crippen LogP contribution in [0.5, 0.6) is 0 Å². The number of hydrogen-bond acceptors (Lipinski definition) is 6. The van der Waals surface area contributed by atoms with E-state index in [1.54, 1.807) is 24.3 Å². The number of aliphatic hydroxyl groups excluding tert-OH is 1. The molecule has 2 aromatic heterocycles. The van der Waals surface area contributed by atoms with Crippen molar-refractivity contribution in [2.75, 3.05) is 6.61 Å². The predicted molar refractivity (Wildman–Crippen MR) is 104 cm³/mol. The molecule has 13 heteroatoms. The van der Waals surface area contributed by atoms with Crippen LogP contribution in [0.3, 0.4) is 0 Å². The summed E-state index contributed by atoms with van der Waals surface area (Å²) >= 11 is 3.25. The molecule has 2 heterocycles. The Kier molecular flexibility index (Phi) is 5.23. The number of H-pyrrole nitrogens is 1. The number of benzene rings is 2. The summed E-state index contributed by atoms with van der Waals surface area (Å²) in [7, 11) is -4.59. The largest absolute Gasteiger partial charge is 0.393 e. The van der Waals surface area contributed by atoms with Gasteiger partial charge in [-0.2, -0.15) is 5.10 Å². The molecule has 0 aliphatic carbocycles. The number of aliphatic hydroxyl groups is 1. The lowest BCUT2D eigenvalue weighted by Gasteiger charge is -2.16. The molecule has 0 fully saturated rings. The molecular formula is C16H14BrFN5O5P. The summed E-state index contributed by atoms with van der Waals surface area (Å²) in [5, 5.41) is 24.5. The SMILES string of the molecule is O=P(O)(O)C(CO)OCc1[nH]nc2cc(-n3nnc4c(F)cc(Br)cc43)ccc12. The fourth-order valence-electron chi connectivity index (χ4n) is 2.87. The van der Waals surface area contributed by atoms with Crippen LogP contribution in [-0.4, -0.2) is 52.5 Å². The van der Waals surface area contributed by atoms with E-state index in [4.69, 9.17) is 19.6 Å². The molecule has 1 unspecified atom stereocenters. The first-order valence-corrected chi connectivity index (χ1v) is 10.7. The van der Waals surface area contributed by atoms with E-state index in [1.807, 2.05) is 0 Å². The molecule has 4 aromatic rings. The fraction of sp³-hybridized carbons (Fsp3) is 0.188. The molecule has 0 spiro atoms. The average Bonchev–Trinajstić information content (AvgIpc) is 3.25. The number of nitrogens with one attached hydrogen (secondary N) is 1. The molecule has 1 atom stereocenters. The lowest BCUT2D eigenvalue weighted by atomic mass is 10.2. The zero-order chi connectivity index (χ0) is 20.8. The van der Waals surface area contributed by atoms with E-state index in [9.17, 15) is 8.96 Å². The third-order valence-electron chi connectivity index (χ3n) is 4.28. The van der Waals surface area contributed by atoms with Crippen molar-refractivity contribution in [3.8, 4) is 5.69 Å². The Morgan fingerprint density at radius 2 is 2.10 bits per heavy atom. The lowest BCUT2D eigenvalue weighted by molar-refractivity contribution is 0.0349. The Hall–Kier alpha value is -2.21. The van der Waals surface area contributed by atoms with Gasteiger partial charge >= 0.3 is 7.60 Å². The van der Waals surface area contributed by atoms with Gasteiger partial charge in [0, 0.05) is 9.86 Å². The van der Waals surface area contributed by atoms with Gasteiger partial charge in [-0.05, 0) is 30.3 Å². The number of aromatic nitrogens is 5. The summed E-state index contributed by atoms with van der Waals surface area (Å²) in [5.41, 5.74) is 2.23. The van der Waals surface area contributed by atoms with Crippen molar-refractivity contribution in [1.29, 1.82) is 0 Å². The number of fused-ring (bicyclic) bond motifs is 2. The number of aromatic amines is 1. The molecule has 0 aliphatic rings. The van der Waals surface area contributed by atoms with E-state index < -0.39 is 25.9 Å². The number of ether oxygens (including phenoxy) is 1. The molecule has 2 aromatic carbocycles. The van der Waals surface area contributed by atoms with E-state index in [2.05, 4.69) is 36.4 Å². The van der Waals surface area contributed by atoms with Crippen LogP contribution >= 0.6 is 23.5 Å². The molecular weight excluding hydrogens is 472 g/mol. The van der Waals surface area contributed by atoms with E-state index in [1.165, 1.54) is 10.7 Å². The maximum Gasteiger partial charge on any atom is 0.356 e. The van der Waals surface area contributed by atoms with E-state index in [0.717, 1.165) is 0 Å². The van der Waals surface area contributed by atoms with Crippen LogP contribution in [0.2, 0.25) is 0 Å². The number of halogens is 2. The van der Waals surface area contributed by atoms with Crippen molar-refractivity contribution in [1.82, 2.24) is 25.2 Å². The van der Waals surface area contributed by atoms with Crippen molar-refractivity contribution in [3.63, 3.8) is 0 Å². The second-order valence-electron chi connectivity index (χ2n) is 6.20. The Morgan fingerprint density at radius 3 is 2.83 bits per heavy atom. The van der Waals surface area contributed by atoms with Gasteiger partial charge in [0.25, 0.3) is 0 Å². The monoisotopic (exact) mass is 485 g/mol. The van der Waals surface area contributed by atoms with E-state index in [0.29, 0.717) is 32.3 Å². The summed E-state index contributed by atoms with van der Waals surface area (Å²) in [6, 6.07) is 8.15. The lowest BCUT2D eigenvalue weighted by Crippen LogP contribution is -2.17. The number of hydrogen-bond donors (Lipinski definition) is 4. The summed E-state index contributed by atoms with van der Waals surface area (Å²) in [6.45, 7) is -0.997. The number of rotatable bonds is 6. The van der Waals surface area contributed by atoms with Crippen LogP contribution in [0.1, 0.15) is 5.69 Å². The van der Waals surface area contributed by atoms with Gasteiger partial charge in [-0.1, -0.05) is 21.1 Å². The standard InChI is InChI=1S/C16H14BrFN5O5P/c17-8-3-11(18)16-14(4-8)23(22-21-16)9-1-2-10-12(5-9)19-20-13(10)7-28-15(6-24)29(25,26)27/h1-5,15,24H,6-7H2,(H,19,20)(H2,25,26,27). The van der Waals surface area contributed by atoms with Gasteiger partial charge in [0.2, 0.25) is 0 Å². The molecule has 10 nitrogen and oxygen atoms in total. The summed E-state index contributed by atoms with van der Waals surface area (Å²) in [5.74, 6) is -2.11. The van der Waals surface area contributed by atoms with Crippen LogP contribution in [0, 0.1) is 5.82 Å². The molecule has 0 saturated carbocycles. The number of nitrogens with zero attached hydrogens (tertiary/aromatic N) is 4. The van der Waals surface area contributed by atoms with Crippen LogP contribution in [0.25, 0.3) is 27.6 Å². The molecule has 0 aliphatic heterocycles. The van der Waals surface area contributed by atoms with Gasteiger partial charge in [0.15, 0.2) is 11.7 Å². The van der Waals surface area contributed by atoms with Gasteiger partial charge in [0.05, 0.1) is 35.6 Å². The van der Waals surface area contributed by atoms with Crippen LogP contribution < -0.4 is 0 Å². The molecule has 0 saturated heterocycles. The Bertz CT molecular complexity index is 1260. The zero-order valence-electron chi connectivity index (χ0n) is 14.5. The maximum absolute atomic E-state index is 14.0. The molecule has 29 heavy (non-hydrogen) atoms. The van der Waals surface area contributed by atoms with Gasteiger partial charge in [-0.15, -0.1) is 5.10 Å². The molecule has 152 valence electrons. The first kappa shape index (κ1) is 20.1. The van der Waals surface area contributed by atoms with Gasteiger partial charge < -0.3 is 19.6 Å². The van der Waals surface area contributed by atoms with Gasteiger partial charge in [-0.25, -0.2) is 9.07 Å². The molecule has 0 bridgehead atoms. The van der Waals surface area contributed by atoms with Crippen molar-refractivity contribution in [3.05, 3.63) is 46.3 Å². The Labute approximate surface area is 170 Å². The Morgan fingerprint density at radius 1 is 1.31 bits per heavy atom. The highest BCUT2D eigenvalue weighted by atomic mass is 79.9. The molecule has 0 radical (unpaired) electrons. The second-order valence-corrected chi connectivity index (χ2v) is 8.87. The topological polar surface area (TPSA) is 146 Å².